The van der Waals surface area contributed by atoms with Crippen LogP contribution in [0.3, 0.4) is 0 Å². The first kappa shape index (κ1) is 17.6. The fourth-order valence-electron chi connectivity index (χ4n) is 2.57. The number of nitrogens with one attached hydrogen (secondary N) is 1. The number of carbonyl (C=O) groups excluding carboxylic acids is 2. The number of primary amides is 1. The minimum absolute atomic E-state index is 0.0580. The van der Waals surface area contributed by atoms with Gasteiger partial charge in [0.1, 0.15) is 6.04 Å². The predicted octanol–water partition coefficient (Wildman–Crippen LogP) is 0.632. The lowest BCUT2D eigenvalue weighted by Crippen LogP contribution is -2.54. The van der Waals surface area contributed by atoms with Gasteiger partial charge >= 0.3 is 12.0 Å². The maximum Gasteiger partial charge on any atom is 0.312 e. The van der Waals surface area contributed by atoms with Gasteiger partial charge in [-0.05, 0) is 37.7 Å². The van der Waals surface area contributed by atoms with Crippen LogP contribution in [0.25, 0.3) is 0 Å². The molecule has 0 aromatic carbocycles. The van der Waals surface area contributed by atoms with Gasteiger partial charge in [0.05, 0.1) is 6.42 Å². The smallest absolute Gasteiger partial charge is 0.312 e. The van der Waals surface area contributed by atoms with Gasteiger partial charge in [-0.3, -0.25) is 9.59 Å². The molecule has 1 aliphatic rings. The van der Waals surface area contributed by atoms with Crippen LogP contribution in [0.4, 0.5) is 4.79 Å². The normalized spacial score (nSPS) is 19.9. The fraction of sp³-hybridized carbons (Fsp3) is 0.769. The Balaban J connectivity index is 2.77. The zero-order valence-electron chi connectivity index (χ0n) is 12.2. The SMILES string of the molecule is CSCCC(NC(N)=O)C(=O)N1CCCCC1CC(=O)O. The van der Waals surface area contributed by atoms with Crippen molar-refractivity contribution < 1.29 is 19.5 Å². The van der Waals surface area contributed by atoms with Crippen molar-refractivity contribution in [3.05, 3.63) is 0 Å². The molecule has 21 heavy (non-hydrogen) atoms. The molecule has 0 aromatic rings. The number of piperidine rings is 1. The summed E-state index contributed by atoms with van der Waals surface area (Å²) in [6, 6.07) is -1.71. The molecule has 4 N–H and O–H groups in total. The van der Waals surface area contributed by atoms with Gasteiger partial charge in [-0.25, -0.2) is 4.79 Å². The Morgan fingerprint density at radius 2 is 2.14 bits per heavy atom. The third-order valence-corrected chi connectivity index (χ3v) is 4.19. The maximum absolute atomic E-state index is 12.6. The number of likely N-dealkylation sites (tertiary alicyclic amines) is 1. The van der Waals surface area contributed by atoms with Crippen molar-refractivity contribution in [1.29, 1.82) is 0 Å². The van der Waals surface area contributed by atoms with E-state index in [2.05, 4.69) is 5.32 Å². The molecule has 0 spiro atoms. The molecular formula is C13H23N3O4S. The molecule has 0 aromatic heterocycles. The van der Waals surface area contributed by atoms with Crippen LogP contribution in [-0.2, 0) is 9.59 Å². The molecular weight excluding hydrogens is 294 g/mol. The van der Waals surface area contributed by atoms with Gasteiger partial charge in [0.15, 0.2) is 0 Å². The van der Waals surface area contributed by atoms with E-state index in [4.69, 9.17) is 10.8 Å². The van der Waals surface area contributed by atoms with Crippen molar-refractivity contribution >= 4 is 29.7 Å². The highest BCUT2D eigenvalue weighted by Crippen LogP contribution is 2.21. The van der Waals surface area contributed by atoms with Crippen LogP contribution < -0.4 is 11.1 Å². The Kier molecular flexibility index (Phi) is 7.35. The Bertz CT molecular complexity index is 392. The van der Waals surface area contributed by atoms with Gasteiger partial charge in [-0.2, -0.15) is 11.8 Å². The predicted molar refractivity (Wildman–Crippen MR) is 81.1 cm³/mol. The van der Waals surface area contributed by atoms with E-state index in [0.717, 1.165) is 12.8 Å². The summed E-state index contributed by atoms with van der Waals surface area (Å²) in [5.41, 5.74) is 5.13. The van der Waals surface area contributed by atoms with E-state index in [1.54, 1.807) is 16.7 Å². The van der Waals surface area contributed by atoms with Crippen molar-refractivity contribution in [2.75, 3.05) is 18.6 Å². The third-order valence-electron chi connectivity index (χ3n) is 3.55. The molecule has 0 bridgehead atoms. The first-order chi connectivity index (χ1) is 9.95. The summed E-state index contributed by atoms with van der Waals surface area (Å²) in [5.74, 6) is -0.425. The number of carbonyl (C=O) groups is 3. The second kappa shape index (κ2) is 8.76. The molecule has 1 fully saturated rings. The molecule has 3 amide bonds. The highest BCUT2D eigenvalue weighted by molar-refractivity contribution is 7.98. The number of nitrogens with two attached hydrogens (primary N) is 1. The van der Waals surface area contributed by atoms with Crippen LogP contribution in [0, 0.1) is 0 Å². The van der Waals surface area contributed by atoms with Crippen LogP contribution in [0.2, 0.25) is 0 Å². The Morgan fingerprint density at radius 1 is 1.43 bits per heavy atom. The van der Waals surface area contributed by atoms with Gasteiger partial charge < -0.3 is 21.1 Å². The number of thioether (sulfide) groups is 1. The summed E-state index contributed by atoms with van der Waals surface area (Å²) in [7, 11) is 0. The summed E-state index contributed by atoms with van der Waals surface area (Å²) in [6.07, 6.45) is 4.80. The van der Waals surface area contributed by atoms with Crippen molar-refractivity contribution in [2.24, 2.45) is 5.73 Å². The van der Waals surface area contributed by atoms with Crippen LogP contribution in [0.15, 0.2) is 0 Å². The van der Waals surface area contributed by atoms with Gasteiger partial charge in [0, 0.05) is 12.6 Å². The summed E-state index contributed by atoms with van der Waals surface area (Å²) in [4.78, 5) is 36.2. The highest BCUT2D eigenvalue weighted by atomic mass is 32.2. The Morgan fingerprint density at radius 3 is 2.71 bits per heavy atom. The summed E-state index contributed by atoms with van der Waals surface area (Å²) >= 11 is 1.58. The van der Waals surface area contributed by atoms with Crippen LogP contribution in [0.5, 0.6) is 0 Å². The molecule has 2 atom stereocenters. The topological polar surface area (TPSA) is 113 Å². The average molecular weight is 317 g/mol. The molecule has 0 radical (unpaired) electrons. The second-order valence-corrected chi connectivity index (χ2v) is 6.11. The molecule has 0 saturated carbocycles. The summed E-state index contributed by atoms with van der Waals surface area (Å²) in [5, 5.41) is 11.4. The number of hydrogen-bond donors (Lipinski definition) is 3. The van der Waals surface area contributed by atoms with E-state index in [0.29, 0.717) is 25.1 Å². The van der Waals surface area contributed by atoms with Crippen LogP contribution in [0.1, 0.15) is 32.1 Å². The lowest BCUT2D eigenvalue weighted by atomic mass is 9.98. The number of amides is 3. The number of carboxylic acid groups (broad SMARTS) is 1. The van der Waals surface area contributed by atoms with Gasteiger partial charge in [0.2, 0.25) is 5.91 Å². The standard InChI is InChI=1S/C13H23N3O4S/c1-21-7-5-10(15-13(14)20)12(19)16-6-3-2-4-9(16)8-11(17)18/h9-10H,2-8H2,1H3,(H,17,18)(H3,14,15,20). The number of rotatable bonds is 7. The van der Waals surface area contributed by atoms with Gasteiger partial charge in [-0.1, -0.05) is 0 Å². The average Bonchev–Trinajstić information content (AvgIpc) is 2.42. The van der Waals surface area contributed by atoms with Crippen molar-refractivity contribution in [1.82, 2.24) is 10.2 Å². The third kappa shape index (κ3) is 5.82. The quantitative estimate of drug-likeness (QED) is 0.637. The number of nitrogens with zero attached hydrogens (tertiary/aromatic N) is 1. The minimum Gasteiger partial charge on any atom is -0.481 e. The largest absolute Gasteiger partial charge is 0.481 e. The highest BCUT2D eigenvalue weighted by Gasteiger charge is 2.32. The number of aliphatic carboxylic acids is 1. The monoisotopic (exact) mass is 317 g/mol. The number of carboxylic acids is 1. The molecule has 120 valence electrons. The van der Waals surface area contributed by atoms with E-state index >= 15 is 0 Å². The van der Waals surface area contributed by atoms with E-state index in [1.807, 2.05) is 6.26 Å². The maximum atomic E-state index is 12.6. The van der Waals surface area contributed by atoms with Crippen molar-refractivity contribution in [3.8, 4) is 0 Å². The molecule has 8 heteroatoms. The first-order valence-electron chi connectivity index (χ1n) is 7.03. The molecule has 1 saturated heterocycles. The van der Waals surface area contributed by atoms with E-state index in [1.165, 1.54) is 0 Å². The number of hydrogen-bond acceptors (Lipinski definition) is 4. The van der Waals surface area contributed by atoms with Crippen LogP contribution in [-0.4, -0.2) is 58.6 Å². The summed E-state index contributed by atoms with van der Waals surface area (Å²) < 4.78 is 0. The van der Waals surface area contributed by atoms with Crippen molar-refractivity contribution in [2.45, 2.75) is 44.2 Å². The first-order valence-corrected chi connectivity index (χ1v) is 8.42. The van der Waals surface area contributed by atoms with Crippen molar-refractivity contribution in [3.63, 3.8) is 0 Å². The minimum atomic E-state index is -0.914. The molecule has 0 aliphatic carbocycles. The Hall–Kier alpha value is -1.44. The summed E-state index contributed by atoms with van der Waals surface area (Å²) in [6.45, 7) is 0.535. The molecule has 1 rings (SSSR count). The molecule has 2 unspecified atom stereocenters. The molecule has 1 heterocycles. The second-order valence-electron chi connectivity index (χ2n) is 5.12. The van der Waals surface area contributed by atoms with E-state index < -0.39 is 18.0 Å². The molecule has 7 nitrogen and oxygen atoms in total. The zero-order chi connectivity index (χ0) is 15.8. The number of urea groups is 1. The van der Waals surface area contributed by atoms with E-state index in [-0.39, 0.29) is 18.4 Å². The zero-order valence-corrected chi connectivity index (χ0v) is 13.0. The van der Waals surface area contributed by atoms with E-state index in [9.17, 15) is 14.4 Å². The Labute approximate surface area is 128 Å². The van der Waals surface area contributed by atoms with Crippen LogP contribution >= 0.6 is 11.8 Å². The van der Waals surface area contributed by atoms with Gasteiger partial charge in [0.25, 0.3) is 0 Å². The fourth-order valence-corrected chi connectivity index (χ4v) is 3.04. The lowest BCUT2D eigenvalue weighted by molar-refractivity contribution is -0.142. The van der Waals surface area contributed by atoms with Gasteiger partial charge in [-0.15, -0.1) is 0 Å². The lowest BCUT2D eigenvalue weighted by Gasteiger charge is -2.37. The molecule has 1 aliphatic heterocycles.